The van der Waals surface area contributed by atoms with Gasteiger partial charge in [-0.3, -0.25) is 0 Å². The lowest BCUT2D eigenvalue weighted by atomic mass is 9.89. The molecule has 2 aromatic carbocycles. The van der Waals surface area contributed by atoms with Gasteiger partial charge in [0.2, 0.25) is 0 Å². The van der Waals surface area contributed by atoms with E-state index in [2.05, 4.69) is 31.2 Å². The largest absolute Gasteiger partial charge is 0.494 e. The quantitative estimate of drug-likeness (QED) is 0.778. The van der Waals surface area contributed by atoms with E-state index in [1.54, 1.807) is 0 Å². The van der Waals surface area contributed by atoms with Crippen molar-refractivity contribution in [3.05, 3.63) is 59.2 Å². The molecule has 2 aromatic rings. The molecule has 0 heterocycles. The Morgan fingerprint density at radius 1 is 1.04 bits per heavy atom. The van der Waals surface area contributed by atoms with Crippen LogP contribution in [0.5, 0.6) is 11.5 Å². The van der Waals surface area contributed by atoms with Gasteiger partial charge in [0.15, 0.2) is 0 Å². The predicted molar refractivity (Wildman–Crippen MR) is 100 cm³/mol. The zero-order chi connectivity index (χ0) is 17.5. The first-order valence-electron chi connectivity index (χ1n) is 8.72. The van der Waals surface area contributed by atoms with Gasteiger partial charge < -0.3 is 15.2 Å². The summed E-state index contributed by atoms with van der Waals surface area (Å²) in [5, 5.41) is 0. The van der Waals surface area contributed by atoms with Crippen LogP contribution in [0.3, 0.4) is 0 Å². The number of benzene rings is 2. The van der Waals surface area contributed by atoms with Crippen LogP contribution in [0.4, 0.5) is 0 Å². The van der Waals surface area contributed by atoms with E-state index < -0.39 is 0 Å². The summed E-state index contributed by atoms with van der Waals surface area (Å²) >= 11 is 0. The van der Waals surface area contributed by atoms with E-state index in [9.17, 15) is 0 Å². The van der Waals surface area contributed by atoms with Gasteiger partial charge in [-0.15, -0.1) is 0 Å². The third-order valence-corrected chi connectivity index (χ3v) is 4.03. The monoisotopic (exact) mass is 327 g/mol. The molecule has 0 saturated carbocycles. The van der Waals surface area contributed by atoms with Gasteiger partial charge in [0, 0.05) is 5.92 Å². The average molecular weight is 327 g/mol. The third-order valence-electron chi connectivity index (χ3n) is 4.03. The molecule has 130 valence electrons. The molecule has 0 amide bonds. The zero-order valence-corrected chi connectivity index (χ0v) is 15.2. The van der Waals surface area contributed by atoms with E-state index in [1.165, 1.54) is 16.7 Å². The number of nitrogens with two attached hydrogens (primary N) is 1. The van der Waals surface area contributed by atoms with Gasteiger partial charge in [0.25, 0.3) is 0 Å². The van der Waals surface area contributed by atoms with E-state index in [1.807, 2.05) is 39.0 Å². The molecule has 0 saturated heterocycles. The van der Waals surface area contributed by atoms with Crippen LogP contribution in [-0.4, -0.2) is 19.3 Å². The first-order chi connectivity index (χ1) is 11.5. The Bertz CT molecular complexity index is 652. The Labute approximate surface area is 145 Å². The smallest absolute Gasteiger partial charge is 0.119 e. The van der Waals surface area contributed by atoms with Crippen LogP contribution < -0.4 is 15.2 Å². The molecule has 24 heavy (non-hydrogen) atoms. The van der Waals surface area contributed by atoms with E-state index in [4.69, 9.17) is 15.2 Å². The van der Waals surface area contributed by atoms with Crippen LogP contribution in [0.25, 0.3) is 0 Å². The van der Waals surface area contributed by atoms with Crippen molar-refractivity contribution in [1.82, 2.24) is 0 Å². The Hall–Kier alpha value is -2.00. The van der Waals surface area contributed by atoms with Gasteiger partial charge >= 0.3 is 0 Å². The molecule has 0 fully saturated rings. The summed E-state index contributed by atoms with van der Waals surface area (Å²) in [6.45, 7) is 9.50. The normalized spacial score (nSPS) is 12.2. The minimum Gasteiger partial charge on any atom is -0.494 e. The highest BCUT2D eigenvalue weighted by atomic mass is 16.5. The minimum atomic E-state index is 0.180. The Morgan fingerprint density at radius 2 is 1.83 bits per heavy atom. The van der Waals surface area contributed by atoms with Crippen LogP contribution in [0.2, 0.25) is 0 Å². The van der Waals surface area contributed by atoms with Crippen molar-refractivity contribution in [3.63, 3.8) is 0 Å². The molecule has 0 aromatic heterocycles. The topological polar surface area (TPSA) is 44.5 Å². The van der Waals surface area contributed by atoms with Crippen molar-refractivity contribution in [2.75, 3.05) is 13.2 Å². The number of ether oxygens (including phenoxy) is 2. The van der Waals surface area contributed by atoms with Crippen molar-refractivity contribution < 1.29 is 9.47 Å². The molecule has 2 N–H and O–H groups in total. The average Bonchev–Trinajstić information content (AvgIpc) is 2.53. The van der Waals surface area contributed by atoms with Crippen LogP contribution in [-0.2, 0) is 6.42 Å². The molecule has 3 heteroatoms. The molecule has 0 aliphatic carbocycles. The third kappa shape index (κ3) is 5.00. The second kappa shape index (κ2) is 8.74. The maximum atomic E-state index is 6.07. The Kier molecular flexibility index (Phi) is 6.68. The summed E-state index contributed by atoms with van der Waals surface area (Å²) in [4.78, 5) is 0. The van der Waals surface area contributed by atoms with Crippen LogP contribution in [0, 0.1) is 6.92 Å². The van der Waals surface area contributed by atoms with E-state index in [0.717, 1.165) is 17.9 Å². The van der Waals surface area contributed by atoms with Gasteiger partial charge in [-0.25, -0.2) is 0 Å². The van der Waals surface area contributed by atoms with Crippen molar-refractivity contribution >= 4 is 0 Å². The van der Waals surface area contributed by atoms with Crippen molar-refractivity contribution in [1.29, 1.82) is 0 Å². The molecule has 0 aliphatic rings. The Morgan fingerprint density at radius 3 is 2.46 bits per heavy atom. The molecule has 1 atom stereocenters. The van der Waals surface area contributed by atoms with Crippen molar-refractivity contribution in [3.8, 4) is 11.5 Å². The first kappa shape index (κ1) is 18.3. The van der Waals surface area contributed by atoms with Crippen LogP contribution in [0.1, 0.15) is 43.4 Å². The van der Waals surface area contributed by atoms with Gasteiger partial charge in [-0.1, -0.05) is 18.2 Å². The van der Waals surface area contributed by atoms with Crippen molar-refractivity contribution in [2.45, 2.75) is 46.1 Å². The first-order valence-corrected chi connectivity index (χ1v) is 8.72. The highest BCUT2D eigenvalue weighted by Gasteiger charge is 2.14. The maximum absolute atomic E-state index is 6.07. The highest BCUT2D eigenvalue weighted by molar-refractivity contribution is 5.38. The molecule has 0 bridgehead atoms. The number of hydrogen-bond donors (Lipinski definition) is 1. The lowest BCUT2D eigenvalue weighted by Gasteiger charge is -2.19. The lowest BCUT2D eigenvalue weighted by Crippen LogP contribution is -2.16. The van der Waals surface area contributed by atoms with Gasteiger partial charge in [-0.2, -0.15) is 0 Å². The summed E-state index contributed by atoms with van der Waals surface area (Å²) in [6, 6.07) is 14.6. The molecule has 1 unspecified atom stereocenters. The fourth-order valence-electron chi connectivity index (χ4n) is 2.99. The van der Waals surface area contributed by atoms with Gasteiger partial charge in [0.05, 0.1) is 12.7 Å². The minimum absolute atomic E-state index is 0.180. The molecule has 0 spiro atoms. The van der Waals surface area contributed by atoms with E-state index >= 15 is 0 Å². The van der Waals surface area contributed by atoms with Crippen LogP contribution in [0.15, 0.2) is 42.5 Å². The summed E-state index contributed by atoms with van der Waals surface area (Å²) in [5.41, 5.74) is 9.84. The molecule has 3 nitrogen and oxygen atoms in total. The highest BCUT2D eigenvalue weighted by Crippen LogP contribution is 2.27. The van der Waals surface area contributed by atoms with Gasteiger partial charge in [0.1, 0.15) is 11.5 Å². The van der Waals surface area contributed by atoms with E-state index in [0.29, 0.717) is 13.2 Å². The summed E-state index contributed by atoms with van der Waals surface area (Å²) in [7, 11) is 0. The number of aryl methyl sites for hydroxylation is 1. The fourth-order valence-corrected chi connectivity index (χ4v) is 2.99. The SMILES string of the molecule is CCOc1ccc(C(CN)Cc2cccc(OC(C)C)c2)c(C)c1. The summed E-state index contributed by atoms with van der Waals surface area (Å²) in [6.07, 6.45) is 1.08. The molecule has 2 rings (SSSR count). The molecular formula is C21H29NO2. The second-order valence-electron chi connectivity index (χ2n) is 6.40. The zero-order valence-electron chi connectivity index (χ0n) is 15.2. The summed E-state index contributed by atoms with van der Waals surface area (Å²) < 4.78 is 11.4. The van der Waals surface area contributed by atoms with Gasteiger partial charge in [-0.05, 0) is 81.6 Å². The van der Waals surface area contributed by atoms with Crippen LogP contribution >= 0.6 is 0 Å². The number of hydrogen-bond acceptors (Lipinski definition) is 3. The standard InChI is InChI=1S/C21H29NO2/c1-5-23-19-9-10-21(16(4)11-19)18(14-22)12-17-7-6-8-20(13-17)24-15(2)3/h6-11,13,15,18H,5,12,14,22H2,1-4H3. The maximum Gasteiger partial charge on any atom is 0.119 e. The predicted octanol–water partition coefficient (Wildman–Crippen LogP) is 4.47. The number of rotatable bonds is 8. The molecule has 0 radical (unpaired) electrons. The fraction of sp³-hybridized carbons (Fsp3) is 0.429. The second-order valence-corrected chi connectivity index (χ2v) is 6.40. The lowest BCUT2D eigenvalue weighted by molar-refractivity contribution is 0.242. The summed E-state index contributed by atoms with van der Waals surface area (Å²) in [5.74, 6) is 2.12. The molecular weight excluding hydrogens is 298 g/mol. The Balaban J connectivity index is 2.17. The molecule has 0 aliphatic heterocycles. The van der Waals surface area contributed by atoms with Crippen molar-refractivity contribution in [2.24, 2.45) is 5.73 Å². The van der Waals surface area contributed by atoms with E-state index in [-0.39, 0.29) is 12.0 Å².